The molecule has 0 atom stereocenters. The summed E-state index contributed by atoms with van der Waals surface area (Å²) in [4.78, 5) is 4.71. The van der Waals surface area contributed by atoms with Gasteiger partial charge in [0.05, 0.1) is 0 Å². The van der Waals surface area contributed by atoms with Crippen molar-refractivity contribution in [3.05, 3.63) is 0 Å². The van der Waals surface area contributed by atoms with Crippen LogP contribution in [-0.2, 0) is 4.84 Å². The predicted molar refractivity (Wildman–Crippen MR) is 39.6 cm³/mol. The van der Waals surface area contributed by atoms with Crippen molar-refractivity contribution in [1.82, 2.24) is 0 Å². The quantitative estimate of drug-likeness (QED) is 0.368. The minimum atomic E-state index is 0.466. The van der Waals surface area contributed by atoms with Gasteiger partial charge in [-0.2, -0.15) is 0 Å². The molecule has 0 saturated heterocycles. The van der Waals surface area contributed by atoms with Crippen molar-refractivity contribution in [2.45, 2.75) is 20.8 Å². The van der Waals surface area contributed by atoms with E-state index in [4.69, 9.17) is 10.0 Å². The molecule has 58 valence electrons. The Balaban J connectivity index is 3.93. The molecule has 0 amide bonds. The van der Waals surface area contributed by atoms with Crippen LogP contribution >= 0.6 is 0 Å². The average molecular weight is 144 g/mol. The van der Waals surface area contributed by atoms with Gasteiger partial charge in [0.25, 0.3) is 0 Å². The Kier molecular flexibility index (Phi) is 4.28. The normalized spacial score (nSPS) is 13.5. The van der Waals surface area contributed by atoms with E-state index in [1.807, 2.05) is 6.92 Å². The Morgan fingerprint density at radius 1 is 1.40 bits per heavy atom. The largest absolute Gasteiger partial charge is 0.411 e. The third kappa shape index (κ3) is 3.06. The van der Waals surface area contributed by atoms with Crippen LogP contribution < -0.4 is 0 Å². The summed E-state index contributed by atoms with van der Waals surface area (Å²) in [5.74, 6) is 0. The van der Waals surface area contributed by atoms with E-state index in [-0.39, 0.29) is 0 Å². The molecule has 0 spiro atoms. The fraction of sp³-hybridized carbons (Fsp3) is 0.667. The summed E-state index contributed by atoms with van der Waals surface area (Å²) in [5.41, 5.74) is 1.05. The Hall–Kier alpha value is -1.06. The minimum Gasteiger partial charge on any atom is -0.411 e. The summed E-state index contributed by atoms with van der Waals surface area (Å²) in [6.45, 7) is 5.72. The topological polar surface area (TPSA) is 54.2 Å². The summed E-state index contributed by atoms with van der Waals surface area (Å²) in [7, 11) is 0. The molecule has 0 fully saturated rings. The van der Waals surface area contributed by atoms with Gasteiger partial charge in [-0.1, -0.05) is 10.3 Å². The monoisotopic (exact) mass is 144 g/mol. The number of rotatable bonds is 3. The molecule has 4 nitrogen and oxygen atoms in total. The molecule has 0 aromatic rings. The van der Waals surface area contributed by atoms with Crippen LogP contribution in [0.2, 0.25) is 0 Å². The van der Waals surface area contributed by atoms with Gasteiger partial charge in [-0.05, 0) is 20.8 Å². The van der Waals surface area contributed by atoms with Gasteiger partial charge in [-0.15, -0.1) is 0 Å². The molecule has 0 aromatic carbocycles. The summed E-state index contributed by atoms with van der Waals surface area (Å²) in [6.07, 6.45) is 0. The van der Waals surface area contributed by atoms with Crippen LogP contribution in [0, 0.1) is 0 Å². The zero-order valence-electron chi connectivity index (χ0n) is 6.46. The lowest BCUT2D eigenvalue weighted by molar-refractivity contribution is 0.159. The van der Waals surface area contributed by atoms with Gasteiger partial charge in [-0.3, -0.25) is 0 Å². The molecule has 0 bridgehead atoms. The summed E-state index contributed by atoms with van der Waals surface area (Å²) >= 11 is 0. The summed E-state index contributed by atoms with van der Waals surface area (Å²) < 4.78 is 0. The first-order valence-corrected chi connectivity index (χ1v) is 3.08. The number of oxime groups is 2. The molecule has 0 rings (SSSR count). The van der Waals surface area contributed by atoms with E-state index in [0.29, 0.717) is 18.0 Å². The number of hydrogen-bond acceptors (Lipinski definition) is 4. The van der Waals surface area contributed by atoms with Gasteiger partial charge in [0.1, 0.15) is 18.0 Å². The van der Waals surface area contributed by atoms with Gasteiger partial charge >= 0.3 is 0 Å². The van der Waals surface area contributed by atoms with Crippen LogP contribution in [0.3, 0.4) is 0 Å². The molecule has 0 heterocycles. The SMILES string of the molecule is CCON=C(C)C(C)=NO. The molecular weight excluding hydrogens is 132 g/mol. The van der Waals surface area contributed by atoms with E-state index >= 15 is 0 Å². The molecule has 0 aromatic heterocycles. The van der Waals surface area contributed by atoms with Crippen molar-refractivity contribution >= 4 is 11.4 Å². The van der Waals surface area contributed by atoms with Crippen molar-refractivity contribution in [3.8, 4) is 0 Å². The van der Waals surface area contributed by atoms with E-state index in [1.54, 1.807) is 13.8 Å². The molecular formula is C6H12N2O2. The highest BCUT2D eigenvalue weighted by molar-refractivity contribution is 6.40. The Morgan fingerprint density at radius 3 is 2.40 bits per heavy atom. The van der Waals surface area contributed by atoms with Crippen molar-refractivity contribution in [2.75, 3.05) is 6.61 Å². The van der Waals surface area contributed by atoms with Gasteiger partial charge < -0.3 is 10.0 Å². The van der Waals surface area contributed by atoms with Crippen LogP contribution in [-0.4, -0.2) is 23.2 Å². The maximum absolute atomic E-state index is 8.26. The molecule has 0 aliphatic heterocycles. The molecule has 0 aliphatic carbocycles. The van der Waals surface area contributed by atoms with Gasteiger partial charge in [0.15, 0.2) is 0 Å². The second kappa shape index (κ2) is 4.78. The summed E-state index contributed by atoms with van der Waals surface area (Å²) in [6, 6.07) is 0. The molecule has 0 unspecified atom stereocenters. The lowest BCUT2D eigenvalue weighted by Crippen LogP contribution is -2.05. The van der Waals surface area contributed by atoms with E-state index in [0.717, 1.165) is 0 Å². The molecule has 0 radical (unpaired) electrons. The molecule has 10 heavy (non-hydrogen) atoms. The highest BCUT2D eigenvalue weighted by Gasteiger charge is 1.95. The first kappa shape index (κ1) is 8.94. The van der Waals surface area contributed by atoms with E-state index < -0.39 is 0 Å². The van der Waals surface area contributed by atoms with Crippen molar-refractivity contribution in [2.24, 2.45) is 10.3 Å². The average Bonchev–Trinajstić information content (AvgIpc) is 1.98. The second-order valence-electron chi connectivity index (χ2n) is 1.78. The Labute approximate surface area is 60.2 Å². The third-order valence-electron chi connectivity index (χ3n) is 1.00. The van der Waals surface area contributed by atoms with Crippen LogP contribution in [0.25, 0.3) is 0 Å². The van der Waals surface area contributed by atoms with Gasteiger partial charge in [0, 0.05) is 0 Å². The van der Waals surface area contributed by atoms with Crippen LogP contribution in [0.1, 0.15) is 20.8 Å². The second-order valence-corrected chi connectivity index (χ2v) is 1.78. The Bertz CT molecular complexity index is 152. The minimum absolute atomic E-state index is 0.466. The fourth-order valence-corrected chi connectivity index (χ4v) is 0.300. The first-order chi connectivity index (χ1) is 4.72. The molecule has 0 aliphatic rings. The van der Waals surface area contributed by atoms with Crippen LogP contribution in [0.4, 0.5) is 0 Å². The highest BCUT2D eigenvalue weighted by Crippen LogP contribution is 1.84. The van der Waals surface area contributed by atoms with Crippen molar-refractivity contribution < 1.29 is 10.0 Å². The van der Waals surface area contributed by atoms with Gasteiger partial charge in [-0.25, -0.2) is 0 Å². The smallest absolute Gasteiger partial charge is 0.114 e. The maximum atomic E-state index is 8.26. The maximum Gasteiger partial charge on any atom is 0.114 e. The molecule has 0 saturated carbocycles. The third-order valence-corrected chi connectivity index (χ3v) is 1.00. The lowest BCUT2D eigenvalue weighted by Gasteiger charge is -1.95. The van der Waals surface area contributed by atoms with E-state index in [9.17, 15) is 0 Å². The molecule has 1 N–H and O–H groups in total. The zero-order valence-corrected chi connectivity index (χ0v) is 6.46. The standard InChI is InChI=1S/C6H12N2O2/c1-4-10-8-6(3)5(2)7-9/h9H,4H2,1-3H3. The highest BCUT2D eigenvalue weighted by atomic mass is 16.6. The first-order valence-electron chi connectivity index (χ1n) is 3.08. The Morgan fingerprint density at radius 2 is 2.00 bits per heavy atom. The zero-order chi connectivity index (χ0) is 7.98. The predicted octanol–water partition coefficient (Wildman–Crippen LogP) is 1.25. The van der Waals surface area contributed by atoms with Crippen LogP contribution in [0.15, 0.2) is 10.3 Å². The van der Waals surface area contributed by atoms with Gasteiger partial charge in [0.2, 0.25) is 0 Å². The number of hydrogen-bond donors (Lipinski definition) is 1. The van der Waals surface area contributed by atoms with E-state index in [2.05, 4.69) is 10.3 Å². The van der Waals surface area contributed by atoms with Crippen molar-refractivity contribution in [3.63, 3.8) is 0 Å². The molecule has 4 heteroatoms. The fourth-order valence-electron chi connectivity index (χ4n) is 0.300. The summed E-state index contributed by atoms with van der Waals surface area (Å²) in [5, 5.41) is 14.8. The lowest BCUT2D eigenvalue weighted by atomic mass is 10.3. The number of nitrogens with zero attached hydrogens (tertiary/aromatic N) is 2. The van der Waals surface area contributed by atoms with E-state index in [1.165, 1.54) is 0 Å². The van der Waals surface area contributed by atoms with Crippen molar-refractivity contribution in [1.29, 1.82) is 0 Å². The van der Waals surface area contributed by atoms with Crippen LogP contribution in [0.5, 0.6) is 0 Å².